The molecule has 0 N–H and O–H groups in total. The molecule has 8 heavy (non-hydrogen) atoms. The van der Waals surface area contributed by atoms with E-state index in [1.54, 1.807) is 5.80 Å². The number of rotatable bonds is 3. The van der Waals surface area contributed by atoms with Gasteiger partial charge in [-0.15, -0.1) is 8.20 Å². The van der Waals surface area contributed by atoms with E-state index in [1.807, 2.05) is 6.07 Å². The number of nitriles is 1. The molecule has 2 heteroatoms. The lowest BCUT2D eigenvalue weighted by Gasteiger charge is -1.83. The Hall–Kier alpha value is -0.210. The highest BCUT2D eigenvalue weighted by molar-refractivity contribution is 7.39. The third-order valence-corrected chi connectivity index (χ3v) is 2.04. The standard InChI is InChI=1S/C6H12NP/c1-2-3-5-8-6-4-7/h6H,2-3,5,8H2,1H3. The molecular weight excluding hydrogens is 117 g/mol. The molecule has 0 aromatic rings. The molecule has 1 nitrogen and oxygen atoms in total. The second-order valence-corrected chi connectivity index (χ2v) is 3.06. The van der Waals surface area contributed by atoms with Gasteiger partial charge >= 0.3 is 0 Å². The van der Waals surface area contributed by atoms with E-state index in [0.29, 0.717) is 8.20 Å². The van der Waals surface area contributed by atoms with Crippen molar-refractivity contribution >= 4 is 14.0 Å². The van der Waals surface area contributed by atoms with Gasteiger partial charge in [0.05, 0.1) is 6.07 Å². The highest BCUT2D eigenvalue weighted by atomic mass is 31.1. The summed E-state index contributed by atoms with van der Waals surface area (Å²) in [5, 5.41) is 8.08. The van der Waals surface area contributed by atoms with Crippen molar-refractivity contribution in [2.45, 2.75) is 19.8 Å². The molecule has 0 aliphatic carbocycles. The van der Waals surface area contributed by atoms with Gasteiger partial charge in [0.25, 0.3) is 0 Å². The molecule has 0 radical (unpaired) electrons. The summed E-state index contributed by atoms with van der Waals surface area (Å²) in [7, 11) is 0.334. The Labute approximate surface area is 52.1 Å². The maximum atomic E-state index is 8.08. The van der Waals surface area contributed by atoms with Crippen LogP contribution < -0.4 is 0 Å². The topological polar surface area (TPSA) is 23.8 Å². The fourth-order valence-electron chi connectivity index (χ4n) is 0.458. The van der Waals surface area contributed by atoms with Crippen molar-refractivity contribution in [3.8, 4) is 6.07 Å². The Morgan fingerprint density at radius 2 is 2.50 bits per heavy atom. The molecule has 1 atom stereocenters. The first-order chi connectivity index (χ1) is 3.91. The fourth-order valence-corrected chi connectivity index (χ4v) is 1.37. The molecule has 1 unspecified atom stereocenters. The Bertz CT molecular complexity index is 102. The first kappa shape index (κ1) is 7.79. The van der Waals surface area contributed by atoms with E-state index in [9.17, 15) is 0 Å². The predicted octanol–water partition coefficient (Wildman–Crippen LogP) is 1.52. The van der Waals surface area contributed by atoms with Gasteiger partial charge in [0.15, 0.2) is 0 Å². The van der Waals surface area contributed by atoms with Gasteiger partial charge in [0.1, 0.15) is 0 Å². The minimum atomic E-state index is 0.334. The van der Waals surface area contributed by atoms with E-state index in [1.165, 1.54) is 19.0 Å². The zero-order valence-corrected chi connectivity index (χ0v) is 6.38. The van der Waals surface area contributed by atoms with Crippen molar-refractivity contribution < 1.29 is 0 Å². The van der Waals surface area contributed by atoms with Crippen LogP contribution in [0.4, 0.5) is 0 Å². The van der Waals surface area contributed by atoms with Crippen molar-refractivity contribution in [1.29, 1.82) is 5.26 Å². The molecule has 0 aromatic heterocycles. The highest BCUT2D eigenvalue weighted by Crippen LogP contribution is 1.98. The van der Waals surface area contributed by atoms with Crippen LogP contribution in [0.25, 0.3) is 0 Å². The van der Waals surface area contributed by atoms with Crippen LogP contribution in [0.15, 0.2) is 0 Å². The molecule has 0 saturated heterocycles. The molecule has 0 heterocycles. The van der Waals surface area contributed by atoms with E-state index < -0.39 is 0 Å². The van der Waals surface area contributed by atoms with Gasteiger partial charge in [-0.25, -0.2) is 0 Å². The van der Waals surface area contributed by atoms with Crippen molar-refractivity contribution in [2.75, 3.05) is 6.16 Å². The highest BCUT2D eigenvalue weighted by Gasteiger charge is 1.73. The van der Waals surface area contributed by atoms with Gasteiger partial charge in [0, 0.05) is 5.80 Å². The van der Waals surface area contributed by atoms with Crippen LogP contribution in [-0.2, 0) is 0 Å². The Morgan fingerprint density at radius 1 is 1.75 bits per heavy atom. The zero-order valence-electron chi connectivity index (χ0n) is 5.22. The predicted molar refractivity (Wildman–Crippen MR) is 41.2 cm³/mol. The van der Waals surface area contributed by atoms with Crippen molar-refractivity contribution in [3.63, 3.8) is 0 Å². The Kier molecular flexibility index (Phi) is 6.61. The molecular formula is C6H12NP. The van der Waals surface area contributed by atoms with Crippen molar-refractivity contribution in [2.24, 2.45) is 0 Å². The summed E-state index contributed by atoms with van der Waals surface area (Å²) >= 11 is 0. The minimum Gasteiger partial charge on any atom is -0.193 e. The Balaban J connectivity index is 2.94. The molecule has 0 rings (SSSR count). The molecule has 0 bridgehead atoms. The van der Waals surface area contributed by atoms with Crippen LogP contribution in [0, 0.1) is 11.3 Å². The van der Waals surface area contributed by atoms with Crippen LogP contribution >= 0.6 is 8.20 Å². The summed E-state index contributed by atoms with van der Waals surface area (Å²) in [4.78, 5) is 0. The van der Waals surface area contributed by atoms with Crippen LogP contribution in [0.5, 0.6) is 0 Å². The number of nitrogens with zero attached hydrogens (tertiary/aromatic N) is 1. The van der Waals surface area contributed by atoms with Crippen LogP contribution in [0.1, 0.15) is 19.8 Å². The van der Waals surface area contributed by atoms with Crippen molar-refractivity contribution in [1.82, 2.24) is 0 Å². The largest absolute Gasteiger partial charge is 0.193 e. The first-order valence-corrected chi connectivity index (χ1v) is 4.44. The van der Waals surface area contributed by atoms with Gasteiger partial charge in [-0.3, -0.25) is 0 Å². The third-order valence-electron chi connectivity index (χ3n) is 0.917. The van der Waals surface area contributed by atoms with Gasteiger partial charge in [-0.05, 0) is 6.16 Å². The maximum absolute atomic E-state index is 8.08. The average Bonchev–Trinajstić information content (AvgIpc) is 1.81. The first-order valence-electron chi connectivity index (χ1n) is 2.96. The molecule has 46 valence electrons. The third kappa shape index (κ3) is 5.79. The molecule has 0 aromatic carbocycles. The summed E-state index contributed by atoms with van der Waals surface area (Å²) < 4.78 is 0. The fraction of sp³-hybridized carbons (Fsp3) is 0.667. The van der Waals surface area contributed by atoms with Crippen LogP contribution in [0.2, 0.25) is 0 Å². The van der Waals surface area contributed by atoms with Crippen LogP contribution in [-0.4, -0.2) is 12.0 Å². The number of unbranched alkanes of at least 4 members (excludes halogenated alkanes) is 1. The number of hydrogen-bond acceptors (Lipinski definition) is 1. The maximum Gasteiger partial charge on any atom is 0.0907 e. The van der Waals surface area contributed by atoms with Crippen LogP contribution in [0.3, 0.4) is 0 Å². The Morgan fingerprint density at radius 3 is 3.00 bits per heavy atom. The molecule has 0 aliphatic heterocycles. The SMILES string of the molecule is CCCC/[PH2]=C/C#N. The summed E-state index contributed by atoms with van der Waals surface area (Å²) in [5.41, 5.74) is 0. The van der Waals surface area contributed by atoms with Gasteiger partial charge in [-0.2, -0.15) is 5.26 Å². The number of hydrogen-bond donors (Lipinski definition) is 0. The second kappa shape index (κ2) is 6.79. The van der Waals surface area contributed by atoms with E-state index in [4.69, 9.17) is 5.26 Å². The summed E-state index contributed by atoms with van der Waals surface area (Å²) in [6, 6.07) is 2.04. The van der Waals surface area contributed by atoms with E-state index in [2.05, 4.69) is 6.92 Å². The van der Waals surface area contributed by atoms with E-state index in [-0.39, 0.29) is 0 Å². The van der Waals surface area contributed by atoms with Crippen molar-refractivity contribution in [3.05, 3.63) is 0 Å². The quantitative estimate of drug-likeness (QED) is 0.418. The smallest absolute Gasteiger partial charge is 0.0907 e. The normalized spacial score (nSPS) is 10.5. The monoisotopic (exact) mass is 129 g/mol. The molecule has 0 spiro atoms. The van der Waals surface area contributed by atoms with Gasteiger partial charge in [-0.1, -0.05) is 19.8 Å². The lowest BCUT2D eigenvalue weighted by molar-refractivity contribution is 0.896. The van der Waals surface area contributed by atoms with E-state index in [0.717, 1.165) is 0 Å². The van der Waals surface area contributed by atoms with Gasteiger partial charge < -0.3 is 0 Å². The minimum absolute atomic E-state index is 0.334. The zero-order chi connectivity index (χ0) is 6.24. The second-order valence-electron chi connectivity index (χ2n) is 1.67. The average molecular weight is 129 g/mol. The summed E-state index contributed by atoms with van der Waals surface area (Å²) in [5.74, 6) is 1.75. The summed E-state index contributed by atoms with van der Waals surface area (Å²) in [6.07, 6.45) is 3.80. The lowest BCUT2D eigenvalue weighted by atomic mass is 10.4. The molecule has 0 amide bonds. The molecule has 0 aliphatic rings. The lowest BCUT2D eigenvalue weighted by Crippen LogP contribution is -1.69. The molecule has 0 saturated carbocycles. The summed E-state index contributed by atoms with van der Waals surface area (Å²) in [6.45, 7) is 2.17. The molecule has 0 fully saturated rings. The van der Waals surface area contributed by atoms with Gasteiger partial charge in [0.2, 0.25) is 0 Å². The van der Waals surface area contributed by atoms with E-state index >= 15 is 0 Å².